The van der Waals surface area contributed by atoms with Gasteiger partial charge >= 0.3 is 18.5 Å². The topological polar surface area (TPSA) is 322 Å². The number of aryl methyl sites for hydroxylation is 7. The highest BCUT2D eigenvalue weighted by molar-refractivity contribution is 6.35. The van der Waals surface area contributed by atoms with Crippen molar-refractivity contribution in [3.63, 3.8) is 0 Å². The Morgan fingerprint density at radius 3 is 1.03 bits per heavy atom. The molecule has 0 aliphatic carbocycles. The number of rotatable bonds is 32. The molecule has 28 nitrogen and oxygen atoms in total. The molecule has 12 aromatic rings. The number of imidazole rings is 4. The third-order valence-electron chi connectivity index (χ3n) is 18.8. The number of aliphatic hydroxyl groups excluding tert-OH is 4. The summed E-state index contributed by atoms with van der Waals surface area (Å²) in [5.41, 5.74) is 3.71. The maximum absolute atomic E-state index is 13.1. The van der Waals surface area contributed by atoms with Crippen LogP contribution in [-0.2, 0) is 72.9 Å². The van der Waals surface area contributed by atoms with Gasteiger partial charge in [-0.25, -0.2) is 34.9 Å². The van der Waals surface area contributed by atoms with Gasteiger partial charge in [0.25, 0.3) is 23.6 Å². The summed E-state index contributed by atoms with van der Waals surface area (Å²) >= 11 is 18.6. The molecule has 4 amide bonds. The first-order valence-electron chi connectivity index (χ1n) is 38.3. The number of carbonyl (C=O) groups excluding carboxylic acids is 4. The van der Waals surface area contributed by atoms with Gasteiger partial charge in [0, 0.05) is 76.5 Å². The van der Waals surface area contributed by atoms with Gasteiger partial charge in [-0.1, -0.05) is 83.3 Å². The number of halogens is 12. The third kappa shape index (κ3) is 29.0. The predicted octanol–water partition coefficient (Wildman–Crippen LogP) is 13.5. The van der Waals surface area contributed by atoms with Crippen LogP contribution < -0.4 is 18.9 Å². The van der Waals surface area contributed by atoms with Crippen LogP contribution in [0.5, 0.6) is 23.0 Å². The molecule has 40 heteroatoms. The zero-order valence-electron chi connectivity index (χ0n) is 68.7. The van der Waals surface area contributed by atoms with Crippen LogP contribution in [-0.4, -0.2) is 199 Å². The van der Waals surface area contributed by atoms with Crippen LogP contribution in [0.1, 0.15) is 98.0 Å². The van der Waals surface area contributed by atoms with Gasteiger partial charge in [0.05, 0.1) is 117 Å². The molecule has 0 fully saturated rings. The summed E-state index contributed by atoms with van der Waals surface area (Å²) in [6, 6.07) is 32.5. The summed E-state index contributed by atoms with van der Waals surface area (Å²) in [7, 11) is 6.78. The number of carbonyl (C=O) groups is 4. The van der Waals surface area contributed by atoms with Gasteiger partial charge in [-0.05, 0) is 134 Å². The Labute approximate surface area is 732 Å². The summed E-state index contributed by atoms with van der Waals surface area (Å²) in [5, 5.41) is 42.9. The molecule has 0 spiro atoms. The van der Waals surface area contributed by atoms with Gasteiger partial charge in [0.1, 0.15) is 102 Å². The Bertz CT molecular complexity index is 5330. The van der Waals surface area contributed by atoms with E-state index in [-0.39, 0.29) is 125 Å². The van der Waals surface area contributed by atoms with Gasteiger partial charge in [-0.15, -0.1) is 0 Å². The van der Waals surface area contributed by atoms with E-state index in [1.807, 2.05) is 62.4 Å². The van der Waals surface area contributed by atoms with E-state index in [9.17, 15) is 79.1 Å². The monoisotopic (exact) mass is 1810 g/mol. The SMILES string of the molecule is Cc1ccccc1CN(CC(O)COc1ccc(C(F)(F)F)cc1)C(=O)c1cncn1C.Cc1ncc(OCC(O)CN(Cc2ccccc2Cl)C(=O)c2cncn2C)cn1.Cc1ncccc1CN(CC(O)COc1ccc(C(F)(F)F)cc1)C(=O)c1cncn1C.Cn1cncc1C(=O)N(Cc1c(Cl)ccnc1Cl)CC(O)COc1ccc(C(F)(F)F)cc1. The average Bonchev–Trinajstić information content (AvgIpc) is 1.44. The molecular weight excluding hydrogens is 1730 g/mol. The Hall–Kier alpha value is -12.5. The molecule has 0 radical (unpaired) electrons. The second kappa shape index (κ2) is 45.4. The smallest absolute Gasteiger partial charge is 0.416 e. The van der Waals surface area contributed by atoms with E-state index in [1.165, 1.54) is 117 Å². The highest BCUT2D eigenvalue weighted by Gasteiger charge is 2.34. The van der Waals surface area contributed by atoms with Gasteiger partial charge in [0.2, 0.25) is 0 Å². The summed E-state index contributed by atoms with van der Waals surface area (Å²) in [6.45, 7) is 5.34. The van der Waals surface area contributed by atoms with E-state index in [0.29, 0.717) is 44.3 Å². The first-order valence-corrected chi connectivity index (χ1v) is 39.5. The van der Waals surface area contributed by atoms with E-state index >= 15 is 0 Å². The number of nitrogens with zero attached hydrogens (tertiary/aromatic N) is 16. The van der Waals surface area contributed by atoms with E-state index in [1.54, 1.807) is 73.5 Å². The number of hydrogen-bond acceptors (Lipinski definition) is 20. The van der Waals surface area contributed by atoms with Crippen LogP contribution in [0.25, 0.3) is 0 Å². The van der Waals surface area contributed by atoms with Crippen molar-refractivity contribution in [2.45, 2.75) is 89.9 Å². The lowest BCUT2D eigenvalue weighted by Crippen LogP contribution is -2.40. The fraction of sp³-hybridized carbons (Fsp3) is 0.302. The summed E-state index contributed by atoms with van der Waals surface area (Å²) in [5.74, 6) is 0.261. The number of alkyl halides is 9. The summed E-state index contributed by atoms with van der Waals surface area (Å²) in [4.78, 5) is 90.3. The van der Waals surface area contributed by atoms with Crippen molar-refractivity contribution in [3.05, 3.63) is 308 Å². The lowest BCUT2D eigenvalue weighted by atomic mass is 10.1. The van der Waals surface area contributed by atoms with E-state index < -0.39 is 65.5 Å². The number of hydrogen-bond donors (Lipinski definition) is 4. The van der Waals surface area contributed by atoms with Crippen molar-refractivity contribution in [2.75, 3.05) is 52.6 Å². The number of aromatic nitrogens is 12. The molecule has 668 valence electrons. The van der Waals surface area contributed by atoms with Crippen LogP contribution in [0.2, 0.25) is 15.2 Å². The van der Waals surface area contributed by atoms with Crippen molar-refractivity contribution in [2.24, 2.45) is 28.2 Å². The maximum atomic E-state index is 13.1. The highest BCUT2D eigenvalue weighted by atomic mass is 35.5. The lowest BCUT2D eigenvalue weighted by molar-refractivity contribution is -0.138. The minimum absolute atomic E-state index is 0.00981. The molecule has 5 aromatic carbocycles. The third-order valence-corrected chi connectivity index (χ3v) is 19.9. The molecule has 4 N–H and O–H groups in total. The highest BCUT2D eigenvalue weighted by Crippen LogP contribution is 2.34. The molecule has 7 heterocycles. The van der Waals surface area contributed by atoms with Gasteiger partial charge < -0.3 is 77.2 Å². The van der Waals surface area contributed by atoms with Crippen LogP contribution in [0.15, 0.2) is 214 Å². The quantitative estimate of drug-likeness (QED) is 0.0225. The zero-order valence-corrected chi connectivity index (χ0v) is 71.0. The molecule has 7 aromatic heterocycles. The van der Waals surface area contributed by atoms with E-state index in [4.69, 9.17) is 53.8 Å². The minimum Gasteiger partial charge on any atom is -0.491 e. The number of aliphatic hydroxyl groups is 4. The van der Waals surface area contributed by atoms with Crippen LogP contribution in [0.4, 0.5) is 39.5 Å². The fourth-order valence-corrected chi connectivity index (χ4v) is 12.6. The Kier molecular flexibility index (Phi) is 35.1. The van der Waals surface area contributed by atoms with Crippen molar-refractivity contribution in [1.29, 1.82) is 0 Å². The molecule has 126 heavy (non-hydrogen) atoms. The van der Waals surface area contributed by atoms with E-state index in [0.717, 1.165) is 76.5 Å². The van der Waals surface area contributed by atoms with Gasteiger partial charge in [0.15, 0.2) is 5.75 Å². The molecule has 0 bridgehead atoms. The first kappa shape index (κ1) is 97.3. The molecular formula is C86H88Cl3F9N16O12. The largest absolute Gasteiger partial charge is 0.491 e. The normalized spacial score (nSPS) is 12.3. The van der Waals surface area contributed by atoms with Gasteiger partial charge in [-0.3, -0.25) is 24.2 Å². The zero-order chi connectivity index (χ0) is 91.6. The second-order valence-corrected chi connectivity index (χ2v) is 29.7. The Morgan fingerprint density at radius 1 is 0.373 bits per heavy atom. The molecule has 4 unspecified atom stereocenters. The molecule has 0 saturated carbocycles. The van der Waals surface area contributed by atoms with Crippen molar-refractivity contribution < 1.29 is 98.1 Å². The standard InChI is InChI=1S/C23H24F3N3O3.C22H23F3N4O3.C21H19Cl2F3N4O3.C20H22ClN5O3/c1-16-5-3-4-6-17(16)12-29(22(31)21-11-27-15-28(21)2)13-19(30)14-32-20-9-7-18(8-10-20)23(24,25)26;1-15-16(4-3-9-27-15)11-29(21(31)20-10-26-14-28(20)2)12-18(30)13-32-19-7-5-17(6-8-19)22(23,24)25;1-29-12-27-8-18(29)20(32)30(10-16-17(22)6-7-28-19(16)23)9-14(31)11-33-15-4-2-13(3-5-15)21(24,25)26;1-14-23-7-17(8-24-14)29-12-16(27)11-26(10-15-5-3-4-6-18(15)21)20(28)19-9-22-13-25(19)2/h3-11,15,19,30H,12-14H2,1-2H3;3-10,14,18,30H,11-13H2,1-2H3;2-8,12,14,31H,9-11H2,1H3;3-9,13,16,27H,10-12H2,1-2H3. The molecule has 12 rings (SSSR count). The molecule has 0 aliphatic heterocycles. The number of ether oxygens (including phenoxy) is 4. The van der Waals surface area contributed by atoms with Crippen molar-refractivity contribution in [3.8, 4) is 23.0 Å². The number of pyridine rings is 2. The number of amides is 4. The predicted molar refractivity (Wildman–Crippen MR) is 445 cm³/mol. The Morgan fingerprint density at radius 2 is 0.698 bits per heavy atom. The van der Waals surface area contributed by atoms with Crippen LogP contribution in [0, 0.1) is 20.8 Å². The van der Waals surface area contributed by atoms with Crippen molar-refractivity contribution >= 4 is 58.4 Å². The maximum Gasteiger partial charge on any atom is 0.416 e. The lowest BCUT2D eigenvalue weighted by Gasteiger charge is -2.26. The summed E-state index contributed by atoms with van der Waals surface area (Å²) < 4.78 is 142. The first-order chi connectivity index (χ1) is 59.8. The minimum atomic E-state index is -4.46. The Balaban J connectivity index is 0.000000190. The fourth-order valence-electron chi connectivity index (χ4n) is 11.9. The van der Waals surface area contributed by atoms with Gasteiger partial charge in [-0.2, -0.15) is 39.5 Å². The van der Waals surface area contributed by atoms with Crippen molar-refractivity contribution in [1.82, 2.24) is 77.7 Å². The van der Waals surface area contributed by atoms with E-state index in [2.05, 4.69) is 39.9 Å². The molecule has 0 aliphatic rings. The van der Waals surface area contributed by atoms with Crippen LogP contribution in [0.3, 0.4) is 0 Å². The molecule has 0 saturated heterocycles. The van der Waals surface area contributed by atoms with Crippen LogP contribution >= 0.6 is 34.8 Å². The molecule has 4 atom stereocenters. The summed E-state index contributed by atoms with van der Waals surface area (Å²) in [6.07, 6.45) is 0.415. The average molecular weight is 1820 g/mol. The number of benzene rings is 5. The second-order valence-electron chi connectivity index (χ2n) is 28.5.